The quantitative estimate of drug-likeness (QED) is 0.833. The van der Waals surface area contributed by atoms with E-state index in [-0.39, 0.29) is 6.10 Å². The number of ether oxygens (including phenoxy) is 1. The predicted molar refractivity (Wildman–Crippen MR) is 81.2 cm³/mol. The van der Waals surface area contributed by atoms with Crippen molar-refractivity contribution in [1.29, 1.82) is 5.26 Å². The largest absolute Gasteiger partial charge is 0.469 e. The second kappa shape index (κ2) is 5.57. The summed E-state index contributed by atoms with van der Waals surface area (Å²) in [6, 6.07) is 12.5. The van der Waals surface area contributed by atoms with Crippen molar-refractivity contribution >= 4 is 0 Å². The Morgan fingerprint density at radius 3 is 2.90 bits per heavy atom. The molecule has 0 amide bonds. The highest BCUT2D eigenvalue weighted by molar-refractivity contribution is 5.45. The molecule has 0 saturated carbocycles. The number of hydrogen-bond acceptors (Lipinski definition) is 3. The molecule has 0 saturated heterocycles. The van der Waals surface area contributed by atoms with Crippen molar-refractivity contribution in [3.8, 4) is 11.9 Å². The van der Waals surface area contributed by atoms with Crippen LogP contribution in [-0.2, 0) is 6.42 Å². The standard InChI is InChI=1S/C18H18N2O/c1-12-10-13(2)20-18(16(12)11-19)21-17-9-5-7-14-6-3-4-8-15(14)17/h3-4,6,8,10,17H,5,7,9H2,1-2H3. The van der Waals surface area contributed by atoms with Crippen LogP contribution in [-0.4, -0.2) is 4.98 Å². The molecule has 1 aromatic heterocycles. The fourth-order valence-electron chi connectivity index (χ4n) is 2.99. The van der Waals surface area contributed by atoms with Crippen LogP contribution in [0.1, 0.15) is 46.9 Å². The molecule has 106 valence electrons. The van der Waals surface area contributed by atoms with Crippen LogP contribution >= 0.6 is 0 Å². The van der Waals surface area contributed by atoms with Crippen molar-refractivity contribution < 1.29 is 4.74 Å². The van der Waals surface area contributed by atoms with Gasteiger partial charge in [-0.3, -0.25) is 0 Å². The first-order chi connectivity index (χ1) is 10.2. The number of hydrogen-bond donors (Lipinski definition) is 0. The Morgan fingerprint density at radius 1 is 1.29 bits per heavy atom. The molecule has 1 aromatic carbocycles. The number of fused-ring (bicyclic) bond motifs is 1. The lowest BCUT2D eigenvalue weighted by atomic mass is 9.89. The summed E-state index contributed by atoms with van der Waals surface area (Å²) in [6.07, 6.45) is 3.17. The maximum Gasteiger partial charge on any atom is 0.232 e. The van der Waals surface area contributed by atoms with E-state index in [1.807, 2.05) is 26.0 Å². The van der Waals surface area contributed by atoms with Gasteiger partial charge < -0.3 is 4.74 Å². The lowest BCUT2D eigenvalue weighted by molar-refractivity contribution is 0.175. The van der Waals surface area contributed by atoms with E-state index in [2.05, 4.69) is 29.3 Å². The summed E-state index contributed by atoms with van der Waals surface area (Å²) < 4.78 is 6.13. The fourth-order valence-corrected chi connectivity index (χ4v) is 2.99. The third-order valence-corrected chi connectivity index (χ3v) is 3.99. The smallest absolute Gasteiger partial charge is 0.232 e. The second-order valence-corrected chi connectivity index (χ2v) is 5.57. The number of aryl methyl sites for hydroxylation is 3. The topological polar surface area (TPSA) is 45.9 Å². The minimum absolute atomic E-state index is 0.00394. The molecule has 0 bridgehead atoms. The average Bonchev–Trinajstić information content (AvgIpc) is 2.47. The highest BCUT2D eigenvalue weighted by Crippen LogP contribution is 2.34. The molecule has 0 spiro atoms. The zero-order valence-electron chi connectivity index (χ0n) is 12.4. The van der Waals surface area contributed by atoms with Crippen LogP contribution in [0.15, 0.2) is 30.3 Å². The van der Waals surface area contributed by atoms with Gasteiger partial charge in [-0.2, -0.15) is 5.26 Å². The summed E-state index contributed by atoms with van der Waals surface area (Å²) in [7, 11) is 0. The molecule has 1 unspecified atom stereocenters. The second-order valence-electron chi connectivity index (χ2n) is 5.57. The van der Waals surface area contributed by atoms with Gasteiger partial charge in [0.15, 0.2) is 0 Å². The Kier molecular flexibility index (Phi) is 3.62. The van der Waals surface area contributed by atoms with E-state index in [1.165, 1.54) is 11.1 Å². The third kappa shape index (κ3) is 2.62. The molecule has 21 heavy (non-hydrogen) atoms. The van der Waals surface area contributed by atoms with Gasteiger partial charge in [-0.05, 0) is 55.9 Å². The van der Waals surface area contributed by atoms with E-state index >= 15 is 0 Å². The van der Waals surface area contributed by atoms with Gasteiger partial charge in [0.25, 0.3) is 0 Å². The van der Waals surface area contributed by atoms with Crippen LogP contribution in [0, 0.1) is 25.2 Å². The minimum Gasteiger partial charge on any atom is -0.469 e. The van der Waals surface area contributed by atoms with Crippen molar-refractivity contribution in [2.75, 3.05) is 0 Å². The number of benzene rings is 1. The number of pyridine rings is 1. The first kappa shape index (κ1) is 13.6. The maximum absolute atomic E-state index is 9.34. The Morgan fingerprint density at radius 2 is 2.10 bits per heavy atom. The summed E-state index contributed by atoms with van der Waals surface area (Å²) >= 11 is 0. The molecule has 3 rings (SSSR count). The first-order valence-electron chi connectivity index (χ1n) is 7.32. The molecule has 3 heteroatoms. The van der Waals surface area contributed by atoms with Crippen LogP contribution in [0.2, 0.25) is 0 Å². The Balaban J connectivity index is 1.97. The molecule has 2 aromatic rings. The first-order valence-corrected chi connectivity index (χ1v) is 7.32. The minimum atomic E-state index is -0.00394. The molecule has 0 fully saturated rings. The van der Waals surface area contributed by atoms with Crippen LogP contribution < -0.4 is 4.74 Å². The lowest BCUT2D eigenvalue weighted by Gasteiger charge is -2.26. The van der Waals surface area contributed by atoms with Gasteiger partial charge in [-0.25, -0.2) is 4.98 Å². The number of nitriles is 1. The molecular formula is C18H18N2O. The van der Waals surface area contributed by atoms with Crippen LogP contribution in [0.4, 0.5) is 0 Å². The summed E-state index contributed by atoms with van der Waals surface area (Å²) in [5, 5.41) is 9.34. The van der Waals surface area contributed by atoms with Gasteiger partial charge in [0.2, 0.25) is 5.88 Å². The predicted octanol–water partition coefficient (Wildman–Crippen LogP) is 4.03. The molecule has 1 aliphatic carbocycles. The van der Waals surface area contributed by atoms with Gasteiger partial charge in [0, 0.05) is 5.69 Å². The van der Waals surface area contributed by atoms with Gasteiger partial charge in [-0.15, -0.1) is 0 Å². The monoisotopic (exact) mass is 278 g/mol. The van der Waals surface area contributed by atoms with E-state index in [1.54, 1.807) is 0 Å². The van der Waals surface area contributed by atoms with Gasteiger partial charge >= 0.3 is 0 Å². The van der Waals surface area contributed by atoms with E-state index in [4.69, 9.17) is 4.74 Å². The maximum atomic E-state index is 9.34. The highest BCUT2D eigenvalue weighted by atomic mass is 16.5. The van der Waals surface area contributed by atoms with Crippen molar-refractivity contribution in [2.45, 2.75) is 39.2 Å². The van der Waals surface area contributed by atoms with E-state index in [0.29, 0.717) is 11.4 Å². The Hall–Kier alpha value is -2.34. The molecule has 1 heterocycles. The van der Waals surface area contributed by atoms with Crippen molar-refractivity contribution in [2.24, 2.45) is 0 Å². The van der Waals surface area contributed by atoms with Gasteiger partial charge in [-0.1, -0.05) is 24.3 Å². The summed E-state index contributed by atoms with van der Waals surface area (Å²) in [5.41, 5.74) is 4.92. The van der Waals surface area contributed by atoms with Crippen molar-refractivity contribution in [1.82, 2.24) is 4.98 Å². The van der Waals surface area contributed by atoms with Crippen LogP contribution in [0.25, 0.3) is 0 Å². The van der Waals surface area contributed by atoms with Crippen LogP contribution in [0.3, 0.4) is 0 Å². The van der Waals surface area contributed by atoms with E-state index in [0.717, 1.165) is 30.5 Å². The zero-order chi connectivity index (χ0) is 14.8. The summed E-state index contributed by atoms with van der Waals surface area (Å²) in [4.78, 5) is 4.43. The lowest BCUT2D eigenvalue weighted by Crippen LogP contribution is -2.16. The third-order valence-electron chi connectivity index (χ3n) is 3.99. The van der Waals surface area contributed by atoms with Crippen molar-refractivity contribution in [3.05, 3.63) is 58.3 Å². The van der Waals surface area contributed by atoms with Gasteiger partial charge in [0.1, 0.15) is 17.7 Å². The zero-order valence-corrected chi connectivity index (χ0v) is 12.4. The molecular weight excluding hydrogens is 260 g/mol. The molecule has 0 N–H and O–H groups in total. The Bertz CT molecular complexity index is 716. The SMILES string of the molecule is Cc1cc(C)c(C#N)c(OC2CCCc3ccccc32)n1. The Labute approximate surface area is 125 Å². The average molecular weight is 278 g/mol. The fraction of sp³-hybridized carbons (Fsp3) is 0.333. The van der Waals surface area contributed by atoms with E-state index in [9.17, 15) is 5.26 Å². The number of rotatable bonds is 2. The number of nitrogens with zero attached hydrogens (tertiary/aromatic N) is 2. The van der Waals surface area contributed by atoms with E-state index < -0.39 is 0 Å². The molecule has 1 atom stereocenters. The molecule has 0 aliphatic heterocycles. The normalized spacial score (nSPS) is 16.9. The van der Waals surface area contributed by atoms with Gasteiger partial charge in [0.05, 0.1) is 0 Å². The van der Waals surface area contributed by atoms with Crippen LogP contribution in [0.5, 0.6) is 5.88 Å². The molecule has 0 radical (unpaired) electrons. The molecule has 3 nitrogen and oxygen atoms in total. The van der Waals surface area contributed by atoms with Crippen molar-refractivity contribution in [3.63, 3.8) is 0 Å². The highest BCUT2D eigenvalue weighted by Gasteiger charge is 2.23. The number of aromatic nitrogens is 1. The molecule has 1 aliphatic rings. The summed E-state index contributed by atoms with van der Waals surface area (Å²) in [6.45, 7) is 3.85. The summed E-state index contributed by atoms with van der Waals surface area (Å²) in [5.74, 6) is 0.469.